The number of methoxy groups -OCH3 is 1. The summed E-state index contributed by atoms with van der Waals surface area (Å²) in [7, 11) is 1.60. The zero-order valence-electron chi connectivity index (χ0n) is 13.7. The maximum atomic E-state index is 12.9. The molecule has 1 spiro atoms. The second kappa shape index (κ2) is 4.32. The van der Waals surface area contributed by atoms with Gasteiger partial charge in [-0.2, -0.15) is 0 Å². The zero-order chi connectivity index (χ0) is 15.5. The SMILES string of the molecule is COC=C1CC2(C)C(C)(CCC3(OCCO3)C2(C)C)C1=O. The van der Waals surface area contributed by atoms with Crippen LogP contribution in [0.2, 0.25) is 0 Å². The molecule has 0 aromatic heterocycles. The van der Waals surface area contributed by atoms with Gasteiger partial charge in [-0.3, -0.25) is 4.79 Å². The summed E-state index contributed by atoms with van der Waals surface area (Å²) >= 11 is 0. The summed E-state index contributed by atoms with van der Waals surface area (Å²) in [6.45, 7) is 10.00. The first-order chi connectivity index (χ1) is 9.74. The summed E-state index contributed by atoms with van der Waals surface area (Å²) in [6, 6.07) is 0. The lowest BCUT2D eigenvalue weighted by Crippen LogP contribution is -2.63. The van der Waals surface area contributed by atoms with Gasteiger partial charge in [0, 0.05) is 22.8 Å². The Morgan fingerprint density at radius 2 is 1.71 bits per heavy atom. The molecule has 2 aliphatic carbocycles. The van der Waals surface area contributed by atoms with Gasteiger partial charge in [-0.1, -0.05) is 27.7 Å². The van der Waals surface area contributed by atoms with Crippen molar-refractivity contribution in [1.82, 2.24) is 0 Å². The molecular weight excluding hydrogens is 268 g/mol. The highest BCUT2D eigenvalue weighted by Gasteiger charge is 2.72. The number of Topliss-reactive ketones (excluding diaryl/α,β-unsaturated/α-hetero) is 1. The van der Waals surface area contributed by atoms with E-state index in [4.69, 9.17) is 14.2 Å². The van der Waals surface area contributed by atoms with Crippen LogP contribution in [0.25, 0.3) is 0 Å². The first-order valence-electron chi connectivity index (χ1n) is 7.79. The minimum atomic E-state index is -0.552. The van der Waals surface area contributed by atoms with Gasteiger partial charge < -0.3 is 14.2 Å². The molecule has 2 saturated carbocycles. The summed E-state index contributed by atoms with van der Waals surface area (Å²) in [4.78, 5) is 12.9. The molecule has 0 amide bonds. The minimum absolute atomic E-state index is 0.204. The number of hydrogen-bond acceptors (Lipinski definition) is 4. The predicted octanol–water partition coefficient (Wildman–Crippen LogP) is 3.07. The number of carbonyl (C=O) groups excluding carboxylic acids is 1. The van der Waals surface area contributed by atoms with Gasteiger partial charge in [0.1, 0.15) is 0 Å². The number of ketones is 1. The second-order valence-electron chi connectivity index (χ2n) is 7.62. The van der Waals surface area contributed by atoms with Gasteiger partial charge >= 0.3 is 0 Å². The molecule has 1 aliphatic heterocycles. The lowest BCUT2D eigenvalue weighted by atomic mass is 9.46. The molecule has 1 saturated heterocycles. The molecule has 118 valence electrons. The lowest BCUT2D eigenvalue weighted by Gasteiger charge is -2.61. The highest BCUT2D eigenvalue weighted by Crippen LogP contribution is 2.71. The molecule has 3 fully saturated rings. The number of fused-ring (bicyclic) bond motifs is 1. The van der Waals surface area contributed by atoms with E-state index in [1.165, 1.54) is 0 Å². The molecule has 0 aromatic carbocycles. The quantitative estimate of drug-likeness (QED) is 0.551. The van der Waals surface area contributed by atoms with Crippen LogP contribution in [0.4, 0.5) is 0 Å². The summed E-state index contributed by atoms with van der Waals surface area (Å²) in [6.07, 6.45) is 3.92. The number of carbonyl (C=O) groups is 1. The van der Waals surface area contributed by atoms with Crippen molar-refractivity contribution in [3.63, 3.8) is 0 Å². The van der Waals surface area contributed by atoms with E-state index >= 15 is 0 Å². The van der Waals surface area contributed by atoms with Crippen molar-refractivity contribution in [2.45, 2.75) is 52.7 Å². The molecule has 4 heteroatoms. The van der Waals surface area contributed by atoms with Crippen LogP contribution in [0.5, 0.6) is 0 Å². The van der Waals surface area contributed by atoms with Crippen molar-refractivity contribution in [3.8, 4) is 0 Å². The lowest BCUT2D eigenvalue weighted by molar-refractivity contribution is -0.300. The Labute approximate surface area is 126 Å². The van der Waals surface area contributed by atoms with E-state index in [1.807, 2.05) is 0 Å². The number of allylic oxidation sites excluding steroid dienone is 1. The molecule has 3 rings (SSSR count). The average Bonchev–Trinajstić information content (AvgIpc) is 2.98. The van der Waals surface area contributed by atoms with Gasteiger partial charge in [0.25, 0.3) is 0 Å². The average molecular weight is 294 g/mol. The summed E-state index contributed by atoms with van der Waals surface area (Å²) < 4.78 is 17.3. The maximum Gasteiger partial charge on any atom is 0.174 e. The van der Waals surface area contributed by atoms with Crippen molar-refractivity contribution in [3.05, 3.63) is 11.8 Å². The molecule has 1 heterocycles. The van der Waals surface area contributed by atoms with Crippen molar-refractivity contribution >= 4 is 5.78 Å². The van der Waals surface area contributed by atoms with E-state index in [2.05, 4.69) is 27.7 Å². The molecule has 3 aliphatic rings. The van der Waals surface area contributed by atoms with E-state index < -0.39 is 5.79 Å². The highest BCUT2D eigenvalue weighted by molar-refractivity contribution is 6.03. The van der Waals surface area contributed by atoms with Crippen LogP contribution in [-0.2, 0) is 19.0 Å². The van der Waals surface area contributed by atoms with Crippen LogP contribution in [-0.4, -0.2) is 31.9 Å². The first-order valence-corrected chi connectivity index (χ1v) is 7.79. The molecule has 21 heavy (non-hydrogen) atoms. The van der Waals surface area contributed by atoms with Gasteiger partial charge in [0.15, 0.2) is 11.6 Å². The molecule has 2 atom stereocenters. The van der Waals surface area contributed by atoms with E-state index in [1.54, 1.807) is 13.4 Å². The van der Waals surface area contributed by atoms with Gasteiger partial charge in [0.2, 0.25) is 0 Å². The Bertz CT molecular complexity index is 501. The van der Waals surface area contributed by atoms with E-state index in [9.17, 15) is 4.79 Å². The van der Waals surface area contributed by atoms with E-state index in [-0.39, 0.29) is 22.0 Å². The summed E-state index contributed by atoms with van der Waals surface area (Å²) in [5, 5.41) is 0. The topological polar surface area (TPSA) is 44.8 Å². The van der Waals surface area contributed by atoms with Crippen molar-refractivity contribution in [2.75, 3.05) is 20.3 Å². The fourth-order valence-corrected chi connectivity index (χ4v) is 4.91. The number of rotatable bonds is 1. The fraction of sp³-hybridized carbons (Fsp3) is 0.824. The predicted molar refractivity (Wildman–Crippen MR) is 78.6 cm³/mol. The van der Waals surface area contributed by atoms with E-state index in [0.29, 0.717) is 13.2 Å². The Hall–Kier alpha value is -0.870. The molecule has 0 N–H and O–H groups in total. The smallest absolute Gasteiger partial charge is 0.174 e. The normalized spacial score (nSPS) is 42.5. The molecule has 0 aromatic rings. The van der Waals surface area contributed by atoms with Crippen molar-refractivity contribution < 1.29 is 19.0 Å². The molecule has 2 unspecified atom stereocenters. The summed E-state index contributed by atoms with van der Waals surface area (Å²) in [5.41, 5.74) is -0.0286. The highest BCUT2D eigenvalue weighted by atomic mass is 16.7. The monoisotopic (exact) mass is 294 g/mol. The number of hydrogen-bond donors (Lipinski definition) is 0. The second-order valence-corrected chi connectivity index (χ2v) is 7.62. The Balaban J connectivity index is 2.10. The van der Waals surface area contributed by atoms with Gasteiger partial charge in [0.05, 0.1) is 26.6 Å². The Kier molecular flexibility index (Phi) is 3.10. The molecular formula is C17H26O4. The third kappa shape index (κ3) is 1.55. The standard InChI is InChI=1S/C17H26O4/c1-14(2)16(4)10-12(11-19-5)13(18)15(16,3)6-7-17(14)20-8-9-21-17/h11H,6-10H2,1-5H3. The third-order valence-corrected chi connectivity index (χ3v) is 6.85. The first kappa shape index (κ1) is 15.0. The molecule has 0 radical (unpaired) electrons. The Morgan fingerprint density at radius 1 is 1.10 bits per heavy atom. The minimum Gasteiger partial charge on any atom is -0.504 e. The summed E-state index contributed by atoms with van der Waals surface area (Å²) in [5.74, 6) is -0.322. The van der Waals surface area contributed by atoms with Crippen LogP contribution < -0.4 is 0 Å². The van der Waals surface area contributed by atoms with E-state index in [0.717, 1.165) is 24.8 Å². The zero-order valence-corrected chi connectivity index (χ0v) is 13.7. The largest absolute Gasteiger partial charge is 0.504 e. The Morgan fingerprint density at radius 3 is 2.29 bits per heavy atom. The molecule has 0 bridgehead atoms. The maximum absolute atomic E-state index is 12.9. The third-order valence-electron chi connectivity index (χ3n) is 6.85. The number of ether oxygens (including phenoxy) is 3. The van der Waals surface area contributed by atoms with Crippen LogP contribution in [0.3, 0.4) is 0 Å². The molecule has 4 nitrogen and oxygen atoms in total. The van der Waals surface area contributed by atoms with Crippen LogP contribution in [0, 0.1) is 16.2 Å². The van der Waals surface area contributed by atoms with Crippen LogP contribution in [0.1, 0.15) is 47.0 Å². The van der Waals surface area contributed by atoms with Gasteiger partial charge in [-0.15, -0.1) is 0 Å². The van der Waals surface area contributed by atoms with Crippen LogP contribution in [0.15, 0.2) is 11.8 Å². The van der Waals surface area contributed by atoms with Gasteiger partial charge in [-0.05, 0) is 18.3 Å². The van der Waals surface area contributed by atoms with Crippen LogP contribution >= 0.6 is 0 Å². The van der Waals surface area contributed by atoms with Crippen molar-refractivity contribution in [1.29, 1.82) is 0 Å². The van der Waals surface area contributed by atoms with Crippen molar-refractivity contribution in [2.24, 2.45) is 16.2 Å². The fourth-order valence-electron chi connectivity index (χ4n) is 4.91. The van der Waals surface area contributed by atoms with Gasteiger partial charge in [-0.25, -0.2) is 0 Å².